The van der Waals surface area contributed by atoms with Crippen molar-refractivity contribution in [3.63, 3.8) is 0 Å². The zero-order valence-electron chi connectivity index (χ0n) is 14.6. The maximum absolute atomic E-state index is 2.36. The first-order valence-electron chi connectivity index (χ1n) is 7.93. The Morgan fingerprint density at radius 3 is 1.65 bits per heavy atom. The smallest absolute Gasteiger partial charge is 0.349 e. The second-order valence-corrected chi connectivity index (χ2v) is 5.99. The normalized spacial score (nSPS) is 9.90. The Morgan fingerprint density at radius 1 is 0.800 bits per heavy atom. The van der Waals surface area contributed by atoms with Crippen LogP contribution < -0.4 is 24.0 Å². The average Bonchev–Trinajstić information content (AvgIpc) is 2.31. The summed E-state index contributed by atoms with van der Waals surface area (Å²) in [5.41, 5.74) is 0. The molecule has 0 unspecified atom stereocenters. The molecule has 0 aromatic rings. The maximum Gasteiger partial charge on any atom is 0.349 e. The highest BCUT2D eigenvalue weighted by Gasteiger charge is 2.17. The first-order valence-corrected chi connectivity index (χ1v) is 7.93. The molecule has 0 N–H and O–H groups in total. The van der Waals surface area contributed by atoms with Gasteiger partial charge in [-0.2, -0.15) is 0 Å². The van der Waals surface area contributed by atoms with Gasteiger partial charge in [-0.15, -0.1) is 0 Å². The Kier molecular flexibility index (Phi) is 15.6. The minimum atomic E-state index is 0. The molecule has 0 aromatic carbocycles. The number of rotatable bonds is 9. The SMILES string of the molecule is CCCCCCCCCCN(C)C(N(C)C)=[N+](C)C.[I-]. The highest BCUT2D eigenvalue weighted by molar-refractivity contribution is 5.74. The largest absolute Gasteiger partial charge is 1.00 e. The van der Waals surface area contributed by atoms with E-state index < -0.39 is 0 Å². The van der Waals surface area contributed by atoms with Crippen molar-refractivity contribution in [3.05, 3.63) is 0 Å². The van der Waals surface area contributed by atoms with Gasteiger partial charge in [-0.25, -0.2) is 0 Å². The standard InChI is InChI=1S/C16H36N3.HI/c1-7-8-9-10-11-12-13-14-15-19(6)16(17(2)3)18(4)5;/h7-15H2,1-6H3;1H/q+1;/p-1. The van der Waals surface area contributed by atoms with Crippen molar-refractivity contribution < 1.29 is 28.6 Å². The van der Waals surface area contributed by atoms with E-state index in [9.17, 15) is 0 Å². The summed E-state index contributed by atoms with van der Waals surface area (Å²) in [5, 5.41) is 0. The quantitative estimate of drug-likeness (QED) is 0.182. The predicted octanol–water partition coefficient (Wildman–Crippen LogP) is 0.253. The number of unbranched alkanes of at least 4 members (excludes halogenated alkanes) is 7. The molecular formula is C16H36IN3. The molecule has 0 saturated heterocycles. The molecule has 122 valence electrons. The molecule has 0 aliphatic rings. The molecule has 0 atom stereocenters. The van der Waals surface area contributed by atoms with E-state index in [0.717, 1.165) is 6.54 Å². The molecule has 0 spiro atoms. The third-order valence-corrected chi connectivity index (χ3v) is 3.49. The van der Waals surface area contributed by atoms with Crippen LogP contribution in [0.15, 0.2) is 0 Å². The second-order valence-electron chi connectivity index (χ2n) is 5.99. The lowest BCUT2D eigenvalue weighted by Crippen LogP contribution is -3.00. The van der Waals surface area contributed by atoms with Gasteiger partial charge in [-0.3, -0.25) is 14.4 Å². The van der Waals surface area contributed by atoms with E-state index in [1.807, 2.05) is 0 Å². The van der Waals surface area contributed by atoms with E-state index in [4.69, 9.17) is 0 Å². The summed E-state index contributed by atoms with van der Waals surface area (Å²) in [4.78, 5) is 4.54. The van der Waals surface area contributed by atoms with Crippen LogP contribution in [-0.4, -0.2) is 62.1 Å². The molecule has 0 aliphatic heterocycles. The van der Waals surface area contributed by atoms with Gasteiger partial charge in [0.2, 0.25) is 0 Å². The van der Waals surface area contributed by atoms with E-state index in [0.29, 0.717) is 0 Å². The first-order chi connectivity index (χ1) is 9.00. The minimum Gasteiger partial charge on any atom is -1.00 e. The van der Waals surface area contributed by atoms with Gasteiger partial charge in [0.15, 0.2) is 0 Å². The lowest BCUT2D eigenvalue weighted by atomic mass is 10.1. The number of hydrogen-bond acceptors (Lipinski definition) is 0. The molecule has 4 heteroatoms. The third-order valence-electron chi connectivity index (χ3n) is 3.49. The molecule has 0 heterocycles. The summed E-state index contributed by atoms with van der Waals surface area (Å²) >= 11 is 0. The summed E-state index contributed by atoms with van der Waals surface area (Å²) in [6, 6.07) is 0. The molecule has 0 rings (SSSR count). The van der Waals surface area contributed by atoms with E-state index in [1.54, 1.807) is 0 Å². The Bertz CT molecular complexity index is 248. The van der Waals surface area contributed by atoms with Crippen LogP contribution in [0.1, 0.15) is 58.3 Å². The van der Waals surface area contributed by atoms with Crippen molar-refractivity contribution >= 4 is 5.96 Å². The van der Waals surface area contributed by atoms with Crippen LogP contribution in [0.2, 0.25) is 0 Å². The Morgan fingerprint density at radius 2 is 1.25 bits per heavy atom. The second kappa shape index (κ2) is 14.0. The molecule has 0 amide bonds. The number of nitrogens with zero attached hydrogens (tertiary/aromatic N) is 3. The van der Waals surface area contributed by atoms with Gasteiger partial charge in [0.25, 0.3) is 0 Å². The zero-order valence-corrected chi connectivity index (χ0v) is 16.7. The van der Waals surface area contributed by atoms with Crippen molar-refractivity contribution in [1.82, 2.24) is 9.80 Å². The van der Waals surface area contributed by atoms with E-state index in [-0.39, 0.29) is 24.0 Å². The monoisotopic (exact) mass is 397 g/mol. The summed E-state index contributed by atoms with van der Waals surface area (Å²) in [5.74, 6) is 1.28. The Balaban J connectivity index is 0. The van der Waals surface area contributed by atoms with Gasteiger partial charge in [-0.1, -0.05) is 51.9 Å². The van der Waals surface area contributed by atoms with Gasteiger partial charge in [0, 0.05) is 0 Å². The van der Waals surface area contributed by atoms with Crippen molar-refractivity contribution in [2.24, 2.45) is 0 Å². The first kappa shape index (κ1) is 22.3. The molecule has 0 radical (unpaired) electrons. The fourth-order valence-corrected chi connectivity index (χ4v) is 2.67. The fraction of sp³-hybridized carbons (Fsp3) is 0.938. The zero-order chi connectivity index (χ0) is 14.7. The Hall–Kier alpha value is 0. The topological polar surface area (TPSA) is 9.49 Å². The maximum atomic E-state index is 2.36. The van der Waals surface area contributed by atoms with Crippen molar-refractivity contribution in [3.8, 4) is 0 Å². The number of hydrogen-bond donors (Lipinski definition) is 0. The van der Waals surface area contributed by atoms with Crippen LogP contribution in [0.3, 0.4) is 0 Å². The molecular weight excluding hydrogens is 361 g/mol. The molecule has 20 heavy (non-hydrogen) atoms. The van der Waals surface area contributed by atoms with Crippen LogP contribution >= 0.6 is 0 Å². The Labute approximate surface area is 144 Å². The summed E-state index contributed by atoms with van der Waals surface area (Å²) in [6.45, 7) is 3.43. The van der Waals surface area contributed by atoms with Crippen LogP contribution in [0, 0.1) is 0 Å². The van der Waals surface area contributed by atoms with Crippen LogP contribution in [0.4, 0.5) is 0 Å². The highest BCUT2D eigenvalue weighted by atomic mass is 127. The van der Waals surface area contributed by atoms with Crippen LogP contribution in [0.5, 0.6) is 0 Å². The molecule has 0 fully saturated rings. The van der Waals surface area contributed by atoms with Crippen molar-refractivity contribution in [1.29, 1.82) is 0 Å². The van der Waals surface area contributed by atoms with Crippen LogP contribution in [-0.2, 0) is 0 Å². The number of guanidine groups is 1. The molecule has 0 bridgehead atoms. The minimum absolute atomic E-state index is 0. The summed E-state index contributed by atoms with van der Waals surface area (Å²) < 4.78 is 2.19. The van der Waals surface area contributed by atoms with Crippen molar-refractivity contribution in [2.75, 3.05) is 41.8 Å². The van der Waals surface area contributed by atoms with Gasteiger partial charge in [0.05, 0.1) is 41.8 Å². The van der Waals surface area contributed by atoms with E-state index in [1.165, 1.54) is 57.3 Å². The van der Waals surface area contributed by atoms with Gasteiger partial charge < -0.3 is 24.0 Å². The highest BCUT2D eigenvalue weighted by Crippen LogP contribution is 2.08. The van der Waals surface area contributed by atoms with E-state index >= 15 is 0 Å². The summed E-state index contributed by atoms with van der Waals surface area (Å²) in [7, 11) is 10.6. The molecule has 0 saturated carbocycles. The molecule has 0 aliphatic carbocycles. The predicted molar refractivity (Wildman–Crippen MR) is 86.0 cm³/mol. The fourth-order valence-electron chi connectivity index (χ4n) is 2.67. The number of halogens is 1. The molecule has 0 aromatic heterocycles. The van der Waals surface area contributed by atoms with Gasteiger partial charge in [-0.05, 0) is 6.42 Å². The van der Waals surface area contributed by atoms with Crippen LogP contribution in [0.25, 0.3) is 0 Å². The van der Waals surface area contributed by atoms with Gasteiger partial charge >= 0.3 is 5.96 Å². The van der Waals surface area contributed by atoms with Crippen molar-refractivity contribution in [2.45, 2.75) is 58.3 Å². The van der Waals surface area contributed by atoms with E-state index in [2.05, 4.69) is 56.5 Å². The summed E-state index contributed by atoms with van der Waals surface area (Å²) in [6.07, 6.45) is 11.1. The lowest BCUT2D eigenvalue weighted by molar-refractivity contribution is -0.475. The lowest BCUT2D eigenvalue weighted by Gasteiger charge is -2.21. The average molecular weight is 397 g/mol. The van der Waals surface area contributed by atoms with Gasteiger partial charge in [0.1, 0.15) is 0 Å². The third kappa shape index (κ3) is 10.7. The molecule has 3 nitrogen and oxygen atoms in total.